The van der Waals surface area contributed by atoms with Crippen molar-refractivity contribution >= 4 is 40.3 Å². The number of hydrogen-bond donors (Lipinski definition) is 0. The Morgan fingerprint density at radius 1 is 1.04 bits per heavy atom. The number of ketones is 1. The van der Waals surface area contributed by atoms with Gasteiger partial charge in [0.2, 0.25) is 5.88 Å². The van der Waals surface area contributed by atoms with Gasteiger partial charge in [-0.25, -0.2) is 14.2 Å². The number of rotatable bonds is 6. The van der Waals surface area contributed by atoms with Gasteiger partial charge in [0.1, 0.15) is 0 Å². The van der Waals surface area contributed by atoms with E-state index in [9.17, 15) is 14.4 Å². The maximum atomic E-state index is 12.7. The van der Waals surface area contributed by atoms with Crippen molar-refractivity contribution in [2.75, 3.05) is 13.2 Å². The molecule has 28 heavy (non-hydrogen) atoms. The maximum Gasteiger partial charge on any atom is 0.515 e. The smallest absolute Gasteiger partial charge is 0.449 e. The summed E-state index contributed by atoms with van der Waals surface area (Å²) in [5.74, 6) is -0.219. The summed E-state index contributed by atoms with van der Waals surface area (Å²) in [6, 6.07) is 8.72. The number of nitrogens with zero attached hydrogens (tertiary/aromatic N) is 1. The monoisotopic (exact) mass is 401 g/mol. The SMILES string of the molecule is CCOC(=O)Oc1c(CC(=O)c2ccsc2)c2ccccc2n1C(=O)OCC. The second kappa shape index (κ2) is 8.71. The summed E-state index contributed by atoms with van der Waals surface area (Å²) in [5.41, 5.74) is 1.46. The molecule has 0 unspecified atom stereocenters. The summed E-state index contributed by atoms with van der Waals surface area (Å²) in [5, 5.41) is 4.18. The van der Waals surface area contributed by atoms with Crippen molar-refractivity contribution in [1.29, 1.82) is 0 Å². The van der Waals surface area contributed by atoms with Gasteiger partial charge in [0.15, 0.2) is 5.78 Å². The number of para-hydroxylation sites is 1. The van der Waals surface area contributed by atoms with Crippen LogP contribution in [0.15, 0.2) is 41.1 Å². The molecule has 0 aliphatic carbocycles. The first-order chi connectivity index (χ1) is 13.6. The molecule has 0 amide bonds. The molecule has 8 heteroatoms. The minimum atomic E-state index is -0.958. The van der Waals surface area contributed by atoms with Crippen LogP contribution in [-0.4, -0.2) is 35.8 Å². The summed E-state index contributed by atoms with van der Waals surface area (Å²) >= 11 is 1.41. The van der Waals surface area contributed by atoms with Crippen molar-refractivity contribution in [3.63, 3.8) is 0 Å². The van der Waals surface area contributed by atoms with Gasteiger partial charge in [0.05, 0.1) is 18.7 Å². The third-order valence-corrected chi connectivity index (χ3v) is 4.69. The number of fused-ring (bicyclic) bond motifs is 1. The van der Waals surface area contributed by atoms with Crippen LogP contribution < -0.4 is 4.74 Å². The molecule has 0 N–H and O–H groups in total. The molecule has 0 saturated heterocycles. The van der Waals surface area contributed by atoms with Crippen LogP contribution in [0.3, 0.4) is 0 Å². The van der Waals surface area contributed by atoms with Crippen molar-refractivity contribution in [2.45, 2.75) is 20.3 Å². The van der Waals surface area contributed by atoms with E-state index in [0.29, 0.717) is 22.0 Å². The molecule has 1 aromatic carbocycles. The molecule has 0 saturated carbocycles. The molecule has 2 aromatic heterocycles. The Bertz CT molecular complexity index is 1010. The zero-order chi connectivity index (χ0) is 20.1. The fraction of sp³-hybridized carbons (Fsp3) is 0.250. The molecule has 146 valence electrons. The molecule has 0 atom stereocenters. The van der Waals surface area contributed by atoms with Crippen LogP contribution >= 0.6 is 11.3 Å². The van der Waals surface area contributed by atoms with E-state index in [4.69, 9.17) is 14.2 Å². The molecule has 0 radical (unpaired) electrons. The number of thiophene rings is 1. The van der Waals surface area contributed by atoms with E-state index >= 15 is 0 Å². The molecule has 0 aliphatic rings. The van der Waals surface area contributed by atoms with Gasteiger partial charge in [-0.05, 0) is 31.4 Å². The lowest BCUT2D eigenvalue weighted by Gasteiger charge is -2.10. The molecule has 0 fully saturated rings. The number of ether oxygens (including phenoxy) is 3. The fourth-order valence-electron chi connectivity index (χ4n) is 2.84. The van der Waals surface area contributed by atoms with E-state index in [-0.39, 0.29) is 31.3 Å². The third kappa shape index (κ3) is 3.91. The van der Waals surface area contributed by atoms with E-state index in [0.717, 1.165) is 4.57 Å². The highest BCUT2D eigenvalue weighted by Crippen LogP contribution is 2.34. The van der Waals surface area contributed by atoms with Gasteiger partial charge >= 0.3 is 12.2 Å². The van der Waals surface area contributed by atoms with Crippen molar-refractivity contribution in [3.05, 3.63) is 52.2 Å². The highest BCUT2D eigenvalue weighted by molar-refractivity contribution is 7.08. The predicted octanol–water partition coefficient (Wildman–Crippen LogP) is 4.67. The lowest BCUT2D eigenvalue weighted by atomic mass is 10.0. The third-order valence-electron chi connectivity index (χ3n) is 4.00. The van der Waals surface area contributed by atoms with Crippen LogP contribution in [0.2, 0.25) is 0 Å². The normalized spacial score (nSPS) is 10.6. The zero-order valence-corrected chi connectivity index (χ0v) is 16.3. The van der Waals surface area contributed by atoms with Gasteiger partial charge in [-0.2, -0.15) is 11.3 Å². The average molecular weight is 401 g/mol. The minimum absolute atomic E-state index is 0.0433. The Labute approximate surface area is 165 Å². The highest BCUT2D eigenvalue weighted by atomic mass is 32.1. The number of aromatic nitrogens is 1. The second-order valence-corrected chi connectivity index (χ2v) is 6.51. The standard InChI is InChI=1S/C20H19NO6S/c1-3-25-19(23)21-16-8-6-5-7-14(16)15(18(21)27-20(24)26-4-2)11-17(22)13-9-10-28-12-13/h5-10,12H,3-4,11H2,1-2H3. The van der Waals surface area contributed by atoms with Gasteiger partial charge in [-0.3, -0.25) is 4.79 Å². The van der Waals surface area contributed by atoms with Gasteiger partial charge < -0.3 is 14.2 Å². The summed E-state index contributed by atoms with van der Waals surface area (Å²) in [7, 11) is 0. The molecule has 0 aliphatic heterocycles. The summed E-state index contributed by atoms with van der Waals surface area (Å²) in [6.45, 7) is 3.58. The number of benzene rings is 1. The number of carbonyl (C=O) groups excluding carboxylic acids is 3. The van der Waals surface area contributed by atoms with Gasteiger partial charge in [-0.15, -0.1) is 0 Å². The Hall–Kier alpha value is -3.13. The Morgan fingerprint density at radius 2 is 1.79 bits per heavy atom. The number of hydrogen-bond acceptors (Lipinski definition) is 7. The summed E-state index contributed by atoms with van der Waals surface area (Å²) in [6.07, 6.45) is -1.70. The molecule has 3 rings (SSSR count). The fourth-order valence-corrected chi connectivity index (χ4v) is 3.50. The van der Waals surface area contributed by atoms with E-state index in [1.807, 2.05) is 5.38 Å². The van der Waals surface area contributed by atoms with Gasteiger partial charge in [0.25, 0.3) is 0 Å². The van der Waals surface area contributed by atoms with E-state index < -0.39 is 12.2 Å². The molecule has 0 bridgehead atoms. The molecule has 0 spiro atoms. The van der Waals surface area contributed by atoms with Crippen LogP contribution in [0, 0.1) is 0 Å². The van der Waals surface area contributed by atoms with E-state index in [1.54, 1.807) is 49.6 Å². The molecule has 7 nitrogen and oxygen atoms in total. The van der Waals surface area contributed by atoms with Gasteiger partial charge in [0, 0.05) is 28.3 Å². The maximum absolute atomic E-state index is 12.7. The zero-order valence-electron chi connectivity index (χ0n) is 15.5. The molecular weight excluding hydrogens is 382 g/mol. The Kier molecular flexibility index (Phi) is 6.10. The molecule has 2 heterocycles. The first kappa shape index (κ1) is 19.6. The summed E-state index contributed by atoms with van der Waals surface area (Å²) in [4.78, 5) is 37.3. The average Bonchev–Trinajstić information content (AvgIpc) is 3.30. The largest absolute Gasteiger partial charge is 0.515 e. The number of Topliss-reactive ketones (excluding diaryl/α,β-unsaturated/α-hetero) is 1. The van der Waals surface area contributed by atoms with Crippen molar-refractivity contribution < 1.29 is 28.6 Å². The predicted molar refractivity (Wildman–Crippen MR) is 104 cm³/mol. The number of carbonyl (C=O) groups is 3. The highest BCUT2D eigenvalue weighted by Gasteiger charge is 2.27. The lowest BCUT2D eigenvalue weighted by Crippen LogP contribution is -2.19. The van der Waals surface area contributed by atoms with Crippen molar-refractivity contribution in [1.82, 2.24) is 4.57 Å². The van der Waals surface area contributed by atoms with Crippen LogP contribution in [0.25, 0.3) is 10.9 Å². The Balaban J connectivity index is 2.14. The van der Waals surface area contributed by atoms with E-state index in [1.165, 1.54) is 11.3 Å². The van der Waals surface area contributed by atoms with Crippen LogP contribution in [0.1, 0.15) is 29.8 Å². The quantitative estimate of drug-likeness (QED) is 0.441. The lowest BCUT2D eigenvalue weighted by molar-refractivity contribution is 0.0961. The van der Waals surface area contributed by atoms with Crippen LogP contribution in [0.5, 0.6) is 5.88 Å². The van der Waals surface area contributed by atoms with E-state index in [2.05, 4.69) is 0 Å². The molecular formula is C20H19NO6S. The first-order valence-corrected chi connectivity index (χ1v) is 9.70. The van der Waals surface area contributed by atoms with Gasteiger partial charge in [-0.1, -0.05) is 18.2 Å². The Morgan fingerprint density at radius 3 is 2.46 bits per heavy atom. The van der Waals surface area contributed by atoms with Crippen molar-refractivity contribution in [3.8, 4) is 5.88 Å². The minimum Gasteiger partial charge on any atom is -0.449 e. The van der Waals surface area contributed by atoms with Crippen molar-refractivity contribution in [2.24, 2.45) is 0 Å². The topological polar surface area (TPSA) is 83.8 Å². The van der Waals surface area contributed by atoms with Crippen LogP contribution in [-0.2, 0) is 15.9 Å². The summed E-state index contributed by atoms with van der Waals surface area (Å²) < 4.78 is 16.5. The molecule has 3 aromatic rings. The van der Waals surface area contributed by atoms with Crippen LogP contribution in [0.4, 0.5) is 9.59 Å². The second-order valence-electron chi connectivity index (χ2n) is 5.73. The first-order valence-electron chi connectivity index (χ1n) is 8.76.